The fourth-order valence-corrected chi connectivity index (χ4v) is 0.673. The number of carbonyl (C=O) groups is 1. The Morgan fingerprint density at radius 2 is 2.67 bits per heavy atom. The van der Waals surface area contributed by atoms with E-state index in [0.29, 0.717) is 0 Å². The van der Waals surface area contributed by atoms with E-state index >= 15 is 0 Å². The highest BCUT2D eigenvalue weighted by molar-refractivity contribution is 5.92. The minimum absolute atomic E-state index is 0.0937. The molecule has 0 spiro atoms. The van der Waals surface area contributed by atoms with E-state index in [4.69, 9.17) is 5.11 Å². The number of nitrogens with one attached hydrogen (secondary N) is 1. The third kappa shape index (κ3) is 2.06. The maximum atomic E-state index is 11.1. The molecule has 1 aromatic rings. The van der Waals surface area contributed by atoms with Gasteiger partial charge in [0.05, 0.1) is 6.61 Å². The number of rotatable bonds is 3. The van der Waals surface area contributed by atoms with Crippen molar-refractivity contribution in [2.75, 3.05) is 6.61 Å². The average Bonchev–Trinajstić information content (AvgIpc) is 2.56. The van der Waals surface area contributed by atoms with Crippen molar-refractivity contribution in [3.63, 3.8) is 0 Å². The van der Waals surface area contributed by atoms with Crippen LogP contribution >= 0.6 is 0 Å². The molecule has 1 aromatic heterocycles. The Morgan fingerprint density at radius 3 is 3.17 bits per heavy atom. The van der Waals surface area contributed by atoms with Crippen LogP contribution in [0.5, 0.6) is 0 Å². The fraction of sp³-hybridized carbons (Fsp3) is 0.429. The van der Waals surface area contributed by atoms with Gasteiger partial charge in [-0.1, -0.05) is 5.16 Å². The van der Waals surface area contributed by atoms with E-state index in [1.807, 2.05) is 0 Å². The predicted octanol–water partition coefficient (Wildman–Crippen LogP) is -0.215. The van der Waals surface area contributed by atoms with Crippen LogP contribution in [0.2, 0.25) is 0 Å². The van der Waals surface area contributed by atoms with Crippen LogP contribution in [-0.4, -0.2) is 28.8 Å². The SMILES string of the molecule is C[C@H](CO)NC(=O)c1ccon1. The van der Waals surface area contributed by atoms with Gasteiger partial charge in [-0.05, 0) is 6.92 Å². The highest BCUT2D eigenvalue weighted by Gasteiger charge is 2.10. The molecule has 0 aliphatic heterocycles. The average molecular weight is 170 g/mol. The molecule has 1 heterocycles. The van der Waals surface area contributed by atoms with Gasteiger partial charge in [0, 0.05) is 12.1 Å². The lowest BCUT2D eigenvalue weighted by atomic mass is 10.3. The Balaban J connectivity index is 2.50. The summed E-state index contributed by atoms with van der Waals surface area (Å²) in [7, 11) is 0. The summed E-state index contributed by atoms with van der Waals surface area (Å²) in [5.74, 6) is -0.342. The Morgan fingerprint density at radius 1 is 1.92 bits per heavy atom. The van der Waals surface area contributed by atoms with Gasteiger partial charge >= 0.3 is 0 Å². The largest absolute Gasteiger partial charge is 0.394 e. The minimum Gasteiger partial charge on any atom is -0.394 e. The van der Waals surface area contributed by atoms with Gasteiger partial charge in [0.15, 0.2) is 5.69 Å². The zero-order valence-electron chi connectivity index (χ0n) is 6.65. The van der Waals surface area contributed by atoms with E-state index < -0.39 is 0 Å². The molecular formula is C7H10N2O3. The van der Waals surface area contributed by atoms with Gasteiger partial charge < -0.3 is 14.9 Å². The highest BCUT2D eigenvalue weighted by Crippen LogP contribution is 1.94. The number of amides is 1. The molecule has 2 N–H and O–H groups in total. The molecule has 0 aliphatic rings. The van der Waals surface area contributed by atoms with Crippen LogP contribution in [0.1, 0.15) is 17.4 Å². The van der Waals surface area contributed by atoms with Gasteiger partial charge in [0.1, 0.15) is 6.26 Å². The van der Waals surface area contributed by atoms with Gasteiger partial charge in [0.25, 0.3) is 5.91 Å². The Labute approximate surface area is 69.4 Å². The molecular weight excluding hydrogens is 160 g/mol. The van der Waals surface area contributed by atoms with Crippen LogP contribution in [0.25, 0.3) is 0 Å². The first-order valence-electron chi connectivity index (χ1n) is 3.56. The van der Waals surface area contributed by atoms with Crippen molar-refractivity contribution < 1.29 is 14.4 Å². The van der Waals surface area contributed by atoms with Crippen LogP contribution in [0.15, 0.2) is 16.9 Å². The molecule has 0 aromatic carbocycles. The highest BCUT2D eigenvalue weighted by atomic mass is 16.5. The number of hydrogen-bond acceptors (Lipinski definition) is 4. The van der Waals surface area contributed by atoms with Crippen molar-refractivity contribution in [2.24, 2.45) is 0 Å². The molecule has 0 aliphatic carbocycles. The molecule has 0 unspecified atom stereocenters. The molecule has 0 bridgehead atoms. The smallest absolute Gasteiger partial charge is 0.273 e. The summed E-state index contributed by atoms with van der Waals surface area (Å²) in [4.78, 5) is 11.1. The summed E-state index contributed by atoms with van der Waals surface area (Å²) < 4.78 is 4.48. The van der Waals surface area contributed by atoms with Gasteiger partial charge in [0.2, 0.25) is 0 Å². The van der Waals surface area contributed by atoms with E-state index in [1.165, 1.54) is 12.3 Å². The van der Waals surface area contributed by atoms with Crippen molar-refractivity contribution in [3.8, 4) is 0 Å². The summed E-state index contributed by atoms with van der Waals surface area (Å²) in [6, 6.07) is 1.19. The number of hydrogen-bond donors (Lipinski definition) is 2. The first kappa shape index (κ1) is 8.73. The zero-order chi connectivity index (χ0) is 8.97. The summed E-state index contributed by atoms with van der Waals surface area (Å²) in [5.41, 5.74) is 0.218. The lowest BCUT2D eigenvalue weighted by Gasteiger charge is -2.07. The van der Waals surface area contributed by atoms with Crippen molar-refractivity contribution in [1.29, 1.82) is 0 Å². The summed E-state index contributed by atoms with van der Waals surface area (Å²) in [6.07, 6.45) is 1.32. The second-order valence-corrected chi connectivity index (χ2v) is 2.44. The molecule has 1 amide bonds. The molecule has 0 saturated heterocycles. The minimum atomic E-state index is -0.342. The molecule has 5 nitrogen and oxygen atoms in total. The Hall–Kier alpha value is -1.36. The number of aromatic nitrogens is 1. The first-order chi connectivity index (χ1) is 5.74. The predicted molar refractivity (Wildman–Crippen MR) is 40.5 cm³/mol. The molecule has 5 heteroatoms. The third-order valence-corrected chi connectivity index (χ3v) is 1.32. The second kappa shape index (κ2) is 3.87. The van der Waals surface area contributed by atoms with Crippen LogP contribution in [0.4, 0.5) is 0 Å². The van der Waals surface area contributed by atoms with Gasteiger partial charge in [-0.15, -0.1) is 0 Å². The van der Waals surface area contributed by atoms with E-state index in [0.717, 1.165) is 0 Å². The number of carbonyl (C=O) groups excluding carboxylic acids is 1. The first-order valence-corrected chi connectivity index (χ1v) is 3.56. The molecule has 0 saturated carbocycles. The standard InChI is InChI=1S/C7H10N2O3/c1-5(4-10)8-7(11)6-2-3-12-9-6/h2-3,5,10H,4H2,1H3,(H,8,11)/t5-/m1/s1. The Kier molecular flexibility index (Phi) is 2.82. The van der Waals surface area contributed by atoms with Crippen LogP contribution in [-0.2, 0) is 0 Å². The van der Waals surface area contributed by atoms with Crippen molar-refractivity contribution in [3.05, 3.63) is 18.0 Å². The van der Waals surface area contributed by atoms with E-state index in [-0.39, 0.29) is 24.2 Å². The number of nitrogens with zero attached hydrogens (tertiary/aromatic N) is 1. The van der Waals surface area contributed by atoms with Gasteiger partial charge in [-0.3, -0.25) is 4.79 Å². The van der Waals surface area contributed by atoms with Crippen LogP contribution in [0.3, 0.4) is 0 Å². The molecule has 1 atom stereocenters. The number of aliphatic hydroxyl groups excluding tert-OH is 1. The zero-order valence-corrected chi connectivity index (χ0v) is 6.65. The molecule has 12 heavy (non-hydrogen) atoms. The summed E-state index contributed by atoms with van der Waals surface area (Å²) in [6.45, 7) is 1.60. The second-order valence-electron chi connectivity index (χ2n) is 2.44. The fourth-order valence-electron chi connectivity index (χ4n) is 0.673. The third-order valence-electron chi connectivity index (χ3n) is 1.32. The molecule has 0 radical (unpaired) electrons. The van der Waals surface area contributed by atoms with Gasteiger partial charge in [-0.25, -0.2) is 0 Å². The Bertz CT molecular complexity index is 245. The van der Waals surface area contributed by atoms with E-state index in [1.54, 1.807) is 6.92 Å². The monoisotopic (exact) mass is 170 g/mol. The van der Waals surface area contributed by atoms with Crippen molar-refractivity contribution in [2.45, 2.75) is 13.0 Å². The summed E-state index contributed by atoms with van der Waals surface area (Å²) >= 11 is 0. The molecule has 66 valence electrons. The topological polar surface area (TPSA) is 75.4 Å². The van der Waals surface area contributed by atoms with Crippen LogP contribution in [0, 0.1) is 0 Å². The maximum absolute atomic E-state index is 11.1. The quantitative estimate of drug-likeness (QED) is 0.657. The number of aliphatic hydroxyl groups is 1. The molecule has 0 fully saturated rings. The summed E-state index contributed by atoms with van der Waals surface area (Å²) in [5, 5.41) is 14.6. The normalized spacial score (nSPS) is 12.5. The maximum Gasteiger partial charge on any atom is 0.273 e. The van der Waals surface area contributed by atoms with E-state index in [2.05, 4.69) is 15.0 Å². The van der Waals surface area contributed by atoms with Crippen molar-refractivity contribution >= 4 is 5.91 Å². The lowest BCUT2D eigenvalue weighted by molar-refractivity contribution is 0.0913. The van der Waals surface area contributed by atoms with Crippen molar-refractivity contribution in [1.82, 2.24) is 10.5 Å². The molecule has 1 rings (SSSR count). The lowest BCUT2D eigenvalue weighted by Crippen LogP contribution is -2.35. The van der Waals surface area contributed by atoms with Crippen LogP contribution < -0.4 is 5.32 Å². The van der Waals surface area contributed by atoms with Gasteiger partial charge in [-0.2, -0.15) is 0 Å². The van der Waals surface area contributed by atoms with E-state index in [9.17, 15) is 4.79 Å².